The van der Waals surface area contributed by atoms with Gasteiger partial charge in [-0.05, 0) is 23.8 Å². The summed E-state index contributed by atoms with van der Waals surface area (Å²) in [4.78, 5) is 37.2. The Morgan fingerprint density at radius 3 is 2.64 bits per heavy atom. The lowest BCUT2D eigenvalue weighted by atomic mass is 9.93. The molecule has 0 bridgehead atoms. The summed E-state index contributed by atoms with van der Waals surface area (Å²) in [6, 6.07) is 7.07. The third-order valence-corrected chi connectivity index (χ3v) is 7.20. The van der Waals surface area contributed by atoms with Crippen molar-refractivity contribution in [3.05, 3.63) is 89.9 Å². The number of rotatable bonds is 5. The van der Waals surface area contributed by atoms with Crippen LogP contribution >= 0.6 is 34.5 Å². The highest BCUT2D eigenvalue weighted by Crippen LogP contribution is 2.39. The van der Waals surface area contributed by atoms with Gasteiger partial charge in [0.25, 0.3) is 5.56 Å². The monoisotopic (exact) mass is 544 g/mol. The van der Waals surface area contributed by atoms with Crippen molar-refractivity contribution in [2.75, 3.05) is 18.0 Å². The molecule has 4 heterocycles. The largest absolute Gasteiger partial charge is 0.379 e. The Hall–Kier alpha value is -3.56. The number of anilines is 1. The van der Waals surface area contributed by atoms with Crippen LogP contribution in [0.2, 0.25) is 10.0 Å². The first-order chi connectivity index (χ1) is 17.2. The standard InChI is InChI=1S/C23H15Cl2FN6O3S/c24-14-8-15(10-28-9-14)32-20(33)18(13-1-2-17(26)16(25)7-13)19(31(5-3-27)22(32)34)30-11-23(35,12-30)21-29-4-6-36-21/h1-2,4,6-10,35H,5,11-12H2. The first-order valence-corrected chi connectivity index (χ1v) is 12.1. The molecule has 0 amide bonds. The van der Waals surface area contributed by atoms with Crippen LogP contribution in [0.1, 0.15) is 5.01 Å². The van der Waals surface area contributed by atoms with Gasteiger partial charge in [-0.2, -0.15) is 5.26 Å². The van der Waals surface area contributed by atoms with Crippen LogP contribution in [0.15, 0.2) is 57.8 Å². The molecule has 1 aliphatic heterocycles. The molecule has 182 valence electrons. The fourth-order valence-electron chi connectivity index (χ4n) is 4.16. The molecule has 0 saturated carbocycles. The van der Waals surface area contributed by atoms with Crippen molar-refractivity contribution in [3.63, 3.8) is 0 Å². The third kappa shape index (κ3) is 3.98. The maximum absolute atomic E-state index is 14.0. The number of nitrogens with zero attached hydrogens (tertiary/aromatic N) is 6. The highest BCUT2D eigenvalue weighted by Gasteiger charge is 2.47. The lowest BCUT2D eigenvalue weighted by Gasteiger charge is -2.47. The average Bonchev–Trinajstić information content (AvgIpc) is 3.36. The Morgan fingerprint density at radius 1 is 1.22 bits per heavy atom. The van der Waals surface area contributed by atoms with Gasteiger partial charge >= 0.3 is 5.69 Å². The van der Waals surface area contributed by atoms with Crippen molar-refractivity contribution in [2.24, 2.45) is 0 Å². The number of aromatic nitrogens is 4. The molecule has 3 aromatic heterocycles. The van der Waals surface area contributed by atoms with Crippen LogP contribution in [-0.4, -0.2) is 37.3 Å². The first kappa shape index (κ1) is 24.1. The normalized spacial score (nSPS) is 14.4. The molecule has 1 aliphatic rings. The lowest BCUT2D eigenvalue weighted by Crippen LogP contribution is -2.61. The van der Waals surface area contributed by atoms with Crippen LogP contribution in [-0.2, 0) is 12.1 Å². The van der Waals surface area contributed by atoms with Crippen molar-refractivity contribution in [1.29, 1.82) is 5.26 Å². The summed E-state index contributed by atoms with van der Waals surface area (Å²) < 4.78 is 15.9. The fraction of sp³-hybridized carbons (Fsp3) is 0.174. The quantitative estimate of drug-likeness (QED) is 0.410. The van der Waals surface area contributed by atoms with Crippen LogP contribution in [0, 0.1) is 17.1 Å². The molecule has 5 rings (SSSR count). The van der Waals surface area contributed by atoms with Crippen molar-refractivity contribution in [3.8, 4) is 22.9 Å². The Bertz CT molecular complexity index is 1640. The summed E-state index contributed by atoms with van der Waals surface area (Å²) in [5.74, 6) is -0.588. The number of hydrogen-bond acceptors (Lipinski definition) is 8. The molecule has 1 N–H and O–H groups in total. The van der Waals surface area contributed by atoms with Crippen molar-refractivity contribution in [1.82, 2.24) is 19.1 Å². The average molecular weight is 545 g/mol. The third-order valence-electron chi connectivity index (χ3n) is 5.74. The van der Waals surface area contributed by atoms with Crippen molar-refractivity contribution < 1.29 is 9.50 Å². The van der Waals surface area contributed by atoms with E-state index in [0.717, 1.165) is 15.2 Å². The van der Waals surface area contributed by atoms with E-state index >= 15 is 0 Å². The van der Waals surface area contributed by atoms with Gasteiger partial charge in [0.1, 0.15) is 23.2 Å². The number of β-amino-alcohol motifs (C(OH)–C–C–N with tert-alkyl or cyclic N) is 1. The summed E-state index contributed by atoms with van der Waals surface area (Å²) in [5.41, 5.74) is -2.55. The van der Waals surface area contributed by atoms with Crippen LogP contribution in [0.3, 0.4) is 0 Å². The number of aliphatic hydroxyl groups is 1. The van der Waals surface area contributed by atoms with Gasteiger partial charge in [-0.3, -0.25) is 14.3 Å². The molecule has 1 saturated heterocycles. The number of benzene rings is 1. The Kier molecular flexibility index (Phi) is 6.13. The van der Waals surface area contributed by atoms with E-state index in [1.54, 1.807) is 16.5 Å². The molecule has 0 atom stereocenters. The highest BCUT2D eigenvalue weighted by atomic mass is 35.5. The first-order valence-electron chi connectivity index (χ1n) is 10.4. The molecule has 1 fully saturated rings. The Labute approximate surface area is 216 Å². The number of nitriles is 1. The summed E-state index contributed by atoms with van der Waals surface area (Å²) >= 11 is 13.4. The van der Waals surface area contributed by atoms with Gasteiger partial charge in [-0.15, -0.1) is 11.3 Å². The number of hydrogen-bond donors (Lipinski definition) is 1. The van der Waals surface area contributed by atoms with Gasteiger partial charge in [0.05, 0.1) is 46.7 Å². The zero-order chi connectivity index (χ0) is 25.6. The van der Waals surface area contributed by atoms with Gasteiger partial charge in [0.15, 0.2) is 5.60 Å². The second-order valence-corrected chi connectivity index (χ2v) is 9.82. The smallest absolute Gasteiger partial charge is 0.338 e. The van der Waals surface area contributed by atoms with Gasteiger partial charge in [-0.25, -0.2) is 18.7 Å². The Balaban J connectivity index is 1.79. The molecule has 0 radical (unpaired) electrons. The summed E-state index contributed by atoms with van der Waals surface area (Å²) in [7, 11) is 0. The summed E-state index contributed by atoms with van der Waals surface area (Å²) in [5, 5.41) is 22.8. The minimum Gasteiger partial charge on any atom is -0.379 e. The minimum absolute atomic E-state index is 0.00656. The zero-order valence-corrected chi connectivity index (χ0v) is 20.6. The summed E-state index contributed by atoms with van der Waals surface area (Å²) in [6.07, 6.45) is 4.20. The van der Waals surface area contributed by atoms with Gasteiger partial charge in [-0.1, -0.05) is 29.3 Å². The maximum Gasteiger partial charge on any atom is 0.338 e. The van der Waals surface area contributed by atoms with Crippen LogP contribution < -0.4 is 16.1 Å². The second kappa shape index (κ2) is 9.15. The zero-order valence-electron chi connectivity index (χ0n) is 18.2. The van der Waals surface area contributed by atoms with Crippen LogP contribution in [0.4, 0.5) is 10.2 Å². The van der Waals surface area contributed by atoms with Gasteiger partial charge in [0.2, 0.25) is 0 Å². The Morgan fingerprint density at radius 2 is 2.00 bits per heavy atom. The van der Waals surface area contributed by atoms with E-state index in [-0.39, 0.29) is 45.8 Å². The molecule has 36 heavy (non-hydrogen) atoms. The topological polar surface area (TPSA) is 117 Å². The number of thiazole rings is 1. The van der Waals surface area contributed by atoms with E-state index in [0.29, 0.717) is 5.01 Å². The molecule has 13 heteroatoms. The van der Waals surface area contributed by atoms with Crippen LogP contribution in [0.5, 0.6) is 0 Å². The predicted molar refractivity (Wildman–Crippen MR) is 133 cm³/mol. The van der Waals surface area contributed by atoms with E-state index in [1.807, 2.05) is 6.07 Å². The van der Waals surface area contributed by atoms with E-state index in [4.69, 9.17) is 23.2 Å². The highest BCUT2D eigenvalue weighted by molar-refractivity contribution is 7.09. The van der Waals surface area contributed by atoms with E-state index in [2.05, 4.69) is 9.97 Å². The number of halogens is 3. The molecule has 0 unspecified atom stereocenters. The fourth-order valence-corrected chi connectivity index (χ4v) is 5.23. The molecule has 0 aliphatic carbocycles. The second-order valence-electron chi connectivity index (χ2n) is 8.08. The van der Waals surface area contributed by atoms with Crippen molar-refractivity contribution >= 4 is 40.4 Å². The molecular formula is C23H15Cl2FN6O3S. The van der Waals surface area contributed by atoms with Crippen LogP contribution in [0.25, 0.3) is 16.8 Å². The SMILES string of the molecule is N#CCn1c(N2CC(O)(c3nccs3)C2)c(-c2ccc(F)c(Cl)c2)c(=O)n(-c2cncc(Cl)c2)c1=O. The van der Waals surface area contributed by atoms with Gasteiger partial charge in [0, 0.05) is 17.8 Å². The molecule has 9 nitrogen and oxygen atoms in total. The predicted octanol–water partition coefficient (Wildman–Crippen LogP) is 3.19. The van der Waals surface area contributed by atoms with Crippen molar-refractivity contribution in [2.45, 2.75) is 12.1 Å². The maximum atomic E-state index is 14.0. The van der Waals surface area contributed by atoms with E-state index in [9.17, 15) is 24.3 Å². The molecule has 0 spiro atoms. The van der Waals surface area contributed by atoms with E-state index in [1.165, 1.54) is 41.9 Å². The molecule has 1 aromatic carbocycles. The minimum atomic E-state index is -1.30. The lowest BCUT2D eigenvalue weighted by molar-refractivity contribution is 0.00644. The molecular weight excluding hydrogens is 530 g/mol. The summed E-state index contributed by atoms with van der Waals surface area (Å²) in [6.45, 7) is -0.387. The van der Waals surface area contributed by atoms with E-state index < -0.39 is 29.2 Å². The number of pyridine rings is 1. The van der Waals surface area contributed by atoms with Gasteiger partial charge < -0.3 is 10.0 Å². The molecule has 4 aromatic rings.